The molecular weight excluding hydrogens is 346 g/mol. The molecular formula is C21H37NO5. The smallest absolute Gasteiger partial charge is 0.323 e. The molecule has 0 aliphatic heterocycles. The zero-order valence-electron chi connectivity index (χ0n) is 17.0. The van der Waals surface area contributed by atoms with E-state index in [4.69, 9.17) is 9.47 Å². The summed E-state index contributed by atoms with van der Waals surface area (Å²) in [7, 11) is 0. The molecule has 0 heterocycles. The Kier molecular flexibility index (Phi) is 9.56. The Morgan fingerprint density at radius 1 is 1.04 bits per heavy atom. The molecule has 5 atom stereocenters. The van der Waals surface area contributed by atoms with Crippen LogP contribution in [0.3, 0.4) is 0 Å². The van der Waals surface area contributed by atoms with E-state index in [0.29, 0.717) is 38.0 Å². The summed E-state index contributed by atoms with van der Waals surface area (Å²) >= 11 is 0. The van der Waals surface area contributed by atoms with E-state index in [1.807, 2.05) is 13.8 Å². The quantitative estimate of drug-likeness (QED) is 0.376. The Labute approximate surface area is 163 Å². The number of aliphatic hydroxyl groups excluding tert-OH is 1. The summed E-state index contributed by atoms with van der Waals surface area (Å²) in [4.78, 5) is 23.6. The van der Waals surface area contributed by atoms with E-state index >= 15 is 0 Å². The van der Waals surface area contributed by atoms with Gasteiger partial charge in [-0.1, -0.05) is 19.3 Å². The normalized spacial score (nSPS) is 27.5. The molecule has 2 aliphatic carbocycles. The summed E-state index contributed by atoms with van der Waals surface area (Å²) in [6.45, 7) is 5.14. The van der Waals surface area contributed by atoms with E-state index in [0.717, 1.165) is 44.9 Å². The van der Waals surface area contributed by atoms with Gasteiger partial charge in [0.15, 0.2) is 0 Å². The molecule has 6 heteroatoms. The van der Waals surface area contributed by atoms with Gasteiger partial charge in [-0.2, -0.15) is 0 Å². The number of rotatable bonds is 13. The third-order valence-electron chi connectivity index (χ3n) is 6.14. The van der Waals surface area contributed by atoms with Crippen molar-refractivity contribution in [2.75, 3.05) is 19.8 Å². The highest BCUT2D eigenvalue weighted by Crippen LogP contribution is 2.48. The SMILES string of the molecule is CCOC(=O)CCCCCCC(NCC1C2CCC(C2)[C@@H]1O)C(=O)OCC. The van der Waals surface area contributed by atoms with Gasteiger partial charge in [-0.3, -0.25) is 9.59 Å². The van der Waals surface area contributed by atoms with Gasteiger partial charge in [0.1, 0.15) is 6.04 Å². The number of hydrogen-bond acceptors (Lipinski definition) is 6. The zero-order valence-corrected chi connectivity index (χ0v) is 17.0. The van der Waals surface area contributed by atoms with E-state index in [-0.39, 0.29) is 30.0 Å². The van der Waals surface area contributed by atoms with E-state index in [1.54, 1.807) is 0 Å². The van der Waals surface area contributed by atoms with Gasteiger partial charge in [0, 0.05) is 18.9 Å². The summed E-state index contributed by atoms with van der Waals surface area (Å²) in [5.74, 6) is 1.00. The van der Waals surface area contributed by atoms with Crippen molar-refractivity contribution in [3.8, 4) is 0 Å². The van der Waals surface area contributed by atoms with Crippen LogP contribution in [0.4, 0.5) is 0 Å². The molecule has 0 aromatic carbocycles. The number of ether oxygens (including phenoxy) is 2. The number of unbranched alkanes of at least 4 members (excludes halogenated alkanes) is 3. The van der Waals surface area contributed by atoms with Gasteiger partial charge in [-0.05, 0) is 57.8 Å². The summed E-state index contributed by atoms with van der Waals surface area (Å²) in [5.41, 5.74) is 0. The van der Waals surface area contributed by atoms with Crippen LogP contribution in [0.2, 0.25) is 0 Å². The van der Waals surface area contributed by atoms with Crippen molar-refractivity contribution < 1.29 is 24.2 Å². The summed E-state index contributed by atoms with van der Waals surface area (Å²) < 4.78 is 10.1. The second-order valence-corrected chi connectivity index (χ2v) is 7.96. The lowest BCUT2D eigenvalue weighted by Crippen LogP contribution is -2.44. The maximum Gasteiger partial charge on any atom is 0.323 e. The van der Waals surface area contributed by atoms with Crippen LogP contribution in [0.1, 0.15) is 71.6 Å². The van der Waals surface area contributed by atoms with Crippen LogP contribution in [-0.4, -0.2) is 48.9 Å². The first-order chi connectivity index (χ1) is 13.1. The third-order valence-corrected chi connectivity index (χ3v) is 6.14. The van der Waals surface area contributed by atoms with Crippen molar-refractivity contribution in [1.29, 1.82) is 0 Å². The Bertz CT molecular complexity index is 467. The van der Waals surface area contributed by atoms with Crippen LogP contribution < -0.4 is 5.32 Å². The van der Waals surface area contributed by atoms with Gasteiger partial charge in [-0.25, -0.2) is 0 Å². The highest BCUT2D eigenvalue weighted by atomic mass is 16.5. The first kappa shape index (κ1) is 22.2. The molecule has 2 fully saturated rings. The molecule has 0 spiro atoms. The van der Waals surface area contributed by atoms with Crippen LogP contribution >= 0.6 is 0 Å². The second-order valence-electron chi connectivity index (χ2n) is 7.96. The van der Waals surface area contributed by atoms with Crippen molar-refractivity contribution in [2.24, 2.45) is 17.8 Å². The summed E-state index contributed by atoms with van der Waals surface area (Å²) in [6, 6.07) is -0.304. The van der Waals surface area contributed by atoms with Crippen molar-refractivity contribution in [3.63, 3.8) is 0 Å². The molecule has 0 aromatic heterocycles. The molecule has 4 unspecified atom stereocenters. The molecule has 27 heavy (non-hydrogen) atoms. The molecule has 0 saturated heterocycles. The minimum Gasteiger partial charge on any atom is -0.466 e. The molecule has 2 N–H and O–H groups in total. The van der Waals surface area contributed by atoms with Gasteiger partial charge < -0.3 is 19.9 Å². The van der Waals surface area contributed by atoms with Crippen molar-refractivity contribution >= 4 is 11.9 Å². The Morgan fingerprint density at radius 3 is 2.41 bits per heavy atom. The Balaban J connectivity index is 1.67. The van der Waals surface area contributed by atoms with Crippen molar-refractivity contribution in [2.45, 2.75) is 83.8 Å². The number of carbonyl (C=O) groups is 2. The van der Waals surface area contributed by atoms with Gasteiger partial charge in [-0.15, -0.1) is 0 Å². The standard InChI is InChI=1S/C21H37NO5/c1-3-26-19(23)10-8-6-5-7-9-18(21(25)27-4-2)22-14-17-15-11-12-16(13-15)20(17)24/h15-18,20,22,24H,3-14H2,1-2H3/t15?,16?,17?,18?,20-/m0/s1. The molecule has 156 valence electrons. The molecule has 0 aromatic rings. The Morgan fingerprint density at radius 2 is 1.74 bits per heavy atom. The van der Waals surface area contributed by atoms with Crippen molar-refractivity contribution in [1.82, 2.24) is 5.32 Å². The fourth-order valence-electron chi connectivity index (χ4n) is 4.70. The Hall–Kier alpha value is -1.14. The zero-order chi connectivity index (χ0) is 19.6. The van der Waals surface area contributed by atoms with Crippen LogP contribution in [-0.2, 0) is 19.1 Å². The maximum atomic E-state index is 12.3. The predicted octanol–water partition coefficient (Wildman–Crippen LogP) is 2.82. The fraction of sp³-hybridized carbons (Fsp3) is 0.905. The first-order valence-electron chi connectivity index (χ1n) is 10.8. The average Bonchev–Trinajstić information content (AvgIpc) is 3.23. The van der Waals surface area contributed by atoms with Gasteiger partial charge in [0.2, 0.25) is 0 Å². The van der Waals surface area contributed by atoms with E-state index < -0.39 is 0 Å². The highest BCUT2D eigenvalue weighted by molar-refractivity contribution is 5.75. The van der Waals surface area contributed by atoms with Gasteiger partial charge in [0.25, 0.3) is 0 Å². The van der Waals surface area contributed by atoms with Crippen LogP contribution in [0.5, 0.6) is 0 Å². The minimum absolute atomic E-state index is 0.131. The number of fused-ring (bicyclic) bond motifs is 2. The van der Waals surface area contributed by atoms with E-state index in [2.05, 4.69) is 5.32 Å². The summed E-state index contributed by atoms with van der Waals surface area (Å²) in [5, 5.41) is 13.8. The molecule has 6 nitrogen and oxygen atoms in total. The lowest BCUT2D eigenvalue weighted by Gasteiger charge is -2.29. The molecule has 2 aliphatic rings. The predicted molar refractivity (Wildman–Crippen MR) is 103 cm³/mol. The average molecular weight is 384 g/mol. The molecule has 2 bridgehead atoms. The van der Waals surface area contributed by atoms with Gasteiger partial charge >= 0.3 is 11.9 Å². The monoisotopic (exact) mass is 383 g/mol. The lowest BCUT2D eigenvalue weighted by atomic mass is 9.86. The number of nitrogens with one attached hydrogen (secondary N) is 1. The number of aliphatic hydroxyl groups is 1. The van der Waals surface area contributed by atoms with Crippen molar-refractivity contribution in [3.05, 3.63) is 0 Å². The number of hydrogen-bond donors (Lipinski definition) is 2. The first-order valence-corrected chi connectivity index (χ1v) is 10.8. The minimum atomic E-state index is -0.304. The second kappa shape index (κ2) is 11.6. The highest BCUT2D eigenvalue weighted by Gasteiger charge is 2.46. The third kappa shape index (κ3) is 6.75. The van der Waals surface area contributed by atoms with Crippen LogP contribution in [0.25, 0.3) is 0 Å². The van der Waals surface area contributed by atoms with E-state index in [1.165, 1.54) is 6.42 Å². The fourth-order valence-corrected chi connectivity index (χ4v) is 4.70. The van der Waals surface area contributed by atoms with Crippen LogP contribution in [0, 0.1) is 17.8 Å². The topological polar surface area (TPSA) is 84.9 Å². The number of esters is 2. The van der Waals surface area contributed by atoms with E-state index in [9.17, 15) is 14.7 Å². The molecule has 0 radical (unpaired) electrons. The molecule has 0 amide bonds. The molecule has 2 saturated carbocycles. The maximum absolute atomic E-state index is 12.3. The number of carbonyl (C=O) groups excluding carboxylic acids is 2. The van der Waals surface area contributed by atoms with Gasteiger partial charge in [0.05, 0.1) is 19.3 Å². The lowest BCUT2D eigenvalue weighted by molar-refractivity contribution is -0.146. The van der Waals surface area contributed by atoms with Crippen LogP contribution in [0.15, 0.2) is 0 Å². The summed E-state index contributed by atoms with van der Waals surface area (Å²) in [6.07, 6.45) is 8.15. The largest absolute Gasteiger partial charge is 0.466 e. The molecule has 2 rings (SSSR count).